The quantitative estimate of drug-likeness (QED) is 0.212. The van der Waals surface area contributed by atoms with Gasteiger partial charge in [-0.2, -0.15) is 0 Å². The highest BCUT2D eigenvalue weighted by Gasteiger charge is 2.39. The van der Waals surface area contributed by atoms with Crippen molar-refractivity contribution in [3.05, 3.63) is 114 Å². The minimum Gasteiger partial charge on any atom is -0.310 e. The maximum absolute atomic E-state index is 6.76. The Kier molecular flexibility index (Phi) is 4.90. The molecule has 1 aliphatic rings. The molecule has 0 radical (unpaired) electrons. The fourth-order valence-electron chi connectivity index (χ4n) is 5.84. The zero-order valence-corrected chi connectivity index (χ0v) is 22.7. The molecule has 1 aliphatic heterocycles. The van der Waals surface area contributed by atoms with Crippen LogP contribution in [0.5, 0.6) is 0 Å². The Balaban J connectivity index is 1.46. The first kappa shape index (κ1) is 21.9. The highest BCUT2D eigenvalue weighted by atomic mass is 35.5. The van der Waals surface area contributed by atoms with Crippen molar-refractivity contribution in [3.63, 3.8) is 0 Å². The summed E-state index contributed by atoms with van der Waals surface area (Å²) < 4.78 is 2.65. The Bertz CT molecular complexity index is 1790. The maximum Gasteiger partial charge on any atom is 0.115 e. The third kappa shape index (κ3) is 3.20. The van der Waals surface area contributed by atoms with Gasteiger partial charge in [0.25, 0.3) is 0 Å². The minimum absolute atomic E-state index is 0.900. The average Bonchev–Trinajstić information content (AvgIpc) is 3.38. The van der Waals surface area contributed by atoms with Crippen LogP contribution in [0.15, 0.2) is 109 Å². The van der Waals surface area contributed by atoms with Crippen LogP contribution < -0.4 is 15.3 Å². The van der Waals surface area contributed by atoms with E-state index in [1.807, 2.05) is 17.4 Å². The van der Waals surface area contributed by atoms with Gasteiger partial charge in [-0.25, -0.2) is 0 Å². The van der Waals surface area contributed by atoms with Gasteiger partial charge in [-0.3, -0.25) is 0 Å². The van der Waals surface area contributed by atoms with Crippen molar-refractivity contribution in [1.82, 2.24) is 0 Å². The second-order valence-electron chi connectivity index (χ2n) is 9.97. The van der Waals surface area contributed by atoms with Gasteiger partial charge in [0, 0.05) is 42.3 Å². The second kappa shape index (κ2) is 8.07. The fraction of sp³-hybridized carbons (Fsp3) is 0.0625. The summed E-state index contributed by atoms with van der Waals surface area (Å²) >= 11 is 8.61. The maximum atomic E-state index is 6.76. The SMILES string of the molecule is C[Si]1(C)c2ccc(N(c3ccccc3)c3ccc4sc5ccccc5c4c3)cc2-c2cccc(Cl)c21. The third-order valence-electron chi connectivity index (χ3n) is 7.50. The van der Waals surface area contributed by atoms with E-state index in [0.29, 0.717) is 0 Å². The van der Waals surface area contributed by atoms with Gasteiger partial charge in [0.05, 0.1) is 0 Å². The summed E-state index contributed by atoms with van der Waals surface area (Å²) in [6, 6.07) is 39.6. The van der Waals surface area contributed by atoms with Crippen LogP contribution in [0.25, 0.3) is 31.3 Å². The van der Waals surface area contributed by atoms with Gasteiger partial charge in [0.2, 0.25) is 0 Å². The first-order chi connectivity index (χ1) is 17.5. The Hall–Kier alpha value is -3.37. The smallest absolute Gasteiger partial charge is 0.115 e. The minimum atomic E-state index is -1.85. The van der Waals surface area contributed by atoms with Crippen molar-refractivity contribution in [2.24, 2.45) is 0 Å². The van der Waals surface area contributed by atoms with Crippen LogP contribution in [-0.4, -0.2) is 8.07 Å². The first-order valence-electron chi connectivity index (χ1n) is 12.2. The summed E-state index contributed by atoms with van der Waals surface area (Å²) in [6.07, 6.45) is 0. The Labute approximate surface area is 221 Å². The normalized spacial score (nSPS) is 13.6. The van der Waals surface area contributed by atoms with Crippen molar-refractivity contribution in [2.75, 3.05) is 4.90 Å². The van der Waals surface area contributed by atoms with Gasteiger partial charge in [-0.1, -0.05) is 79.3 Å². The lowest BCUT2D eigenvalue weighted by atomic mass is 10.0. The molecule has 0 atom stereocenters. The number of anilines is 3. The summed E-state index contributed by atoms with van der Waals surface area (Å²) in [5, 5.41) is 6.34. The number of para-hydroxylation sites is 1. The molecule has 0 fully saturated rings. The molecule has 0 unspecified atom stereocenters. The highest BCUT2D eigenvalue weighted by Crippen LogP contribution is 2.42. The topological polar surface area (TPSA) is 3.24 Å². The van der Waals surface area contributed by atoms with Crippen LogP contribution in [0, 0.1) is 0 Å². The number of benzene rings is 5. The molecule has 36 heavy (non-hydrogen) atoms. The number of hydrogen-bond donors (Lipinski definition) is 0. The average molecular weight is 518 g/mol. The Morgan fingerprint density at radius 3 is 2.19 bits per heavy atom. The van der Waals surface area contributed by atoms with Crippen LogP contribution in [-0.2, 0) is 0 Å². The molecule has 5 aromatic carbocycles. The molecular weight excluding hydrogens is 494 g/mol. The summed E-state index contributed by atoms with van der Waals surface area (Å²) in [6.45, 7) is 4.82. The molecule has 1 nitrogen and oxygen atoms in total. The highest BCUT2D eigenvalue weighted by molar-refractivity contribution is 7.25. The molecule has 0 aliphatic carbocycles. The molecule has 0 bridgehead atoms. The van der Waals surface area contributed by atoms with Crippen molar-refractivity contribution < 1.29 is 0 Å². The zero-order chi connectivity index (χ0) is 24.4. The molecule has 0 amide bonds. The van der Waals surface area contributed by atoms with Crippen LogP contribution >= 0.6 is 22.9 Å². The number of fused-ring (bicyclic) bond motifs is 6. The van der Waals surface area contributed by atoms with Crippen molar-refractivity contribution >= 4 is 78.6 Å². The van der Waals surface area contributed by atoms with Crippen molar-refractivity contribution in [1.29, 1.82) is 0 Å². The number of rotatable bonds is 3. The molecule has 4 heteroatoms. The molecule has 0 saturated carbocycles. The van der Waals surface area contributed by atoms with E-state index in [9.17, 15) is 0 Å². The predicted octanol–water partition coefficient (Wildman–Crippen LogP) is 8.98. The predicted molar refractivity (Wildman–Crippen MR) is 161 cm³/mol. The van der Waals surface area contributed by atoms with Crippen LogP contribution in [0.1, 0.15) is 0 Å². The Morgan fingerprint density at radius 2 is 1.33 bits per heavy atom. The third-order valence-corrected chi connectivity index (χ3v) is 12.7. The standard InChI is InChI=1S/C32H24ClNSSi/c1-36(2)31-18-16-23(20-27(31)25-12-8-13-28(33)32(25)36)34(21-9-4-3-5-10-21)22-15-17-30-26(19-22)24-11-6-7-14-29(24)35-30/h3-20H,1-2H3. The fourth-order valence-corrected chi connectivity index (χ4v) is 11.0. The lowest BCUT2D eigenvalue weighted by Crippen LogP contribution is -2.49. The first-order valence-corrected chi connectivity index (χ1v) is 16.4. The lowest BCUT2D eigenvalue weighted by Gasteiger charge is -2.27. The number of nitrogens with zero attached hydrogens (tertiary/aromatic N) is 1. The number of halogens is 1. The van der Waals surface area contributed by atoms with E-state index in [1.54, 1.807) is 0 Å². The summed E-state index contributed by atoms with van der Waals surface area (Å²) in [7, 11) is -1.85. The van der Waals surface area contributed by atoms with E-state index in [1.165, 1.54) is 41.7 Å². The monoisotopic (exact) mass is 517 g/mol. The molecule has 0 spiro atoms. The summed E-state index contributed by atoms with van der Waals surface area (Å²) in [5.74, 6) is 0. The summed E-state index contributed by atoms with van der Waals surface area (Å²) in [5.41, 5.74) is 6.10. The largest absolute Gasteiger partial charge is 0.310 e. The van der Waals surface area contributed by atoms with Gasteiger partial charge < -0.3 is 4.90 Å². The van der Waals surface area contributed by atoms with E-state index in [0.717, 1.165) is 22.1 Å². The lowest BCUT2D eigenvalue weighted by molar-refractivity contribution is 1.29. The summed E-state index contributed by atoms with van der Waals surface area (Å²) in [4.78, 5) is 2.38. The second-order valence-corrected chi connectivity index (χ2v) is 15.7. The van der Waals surface area contributed by atoms with E-state index >= 15 is 0 Å². The van der Waals surface area contributed by atoms with E-state index < -0.39 is 8.07 Å². The molecule has 0 saturated heterocycles. The van der Waals surface area contributed by atoms with Crippen LogP contribution in [0.2, 0.25) is 18.1 Å². The van der Waals surface area contributed by atoms with Gasteiger partial charge in [0.15, 0.2) is 0 Å². The molecular formula is C32H24ClNSSi. The van der Waals surface area contributed by atoms with Crippen molar-refractivity contribution in [3.8, 4) is 11.1 Å². The van der Waals surface area contributed by atoms with Gasteiger partial charge in [-0.15, -0.1) is 11.3 Å². The van der Waals surface area contributed by atoms with Crippen LogP contribution in [0.4, 0.5) is 17.1 Å². The zero-order valence-electron chi connectivity index (χ0n) is 20.1. The van der Waals surface area contributed by atoms with Gasteiger partial charge in [-0.05, 0) is 76.1 Å². The van der Waals surface area contributed by atoms with E-state index in [4.69, 9.17) is 11.6 Å². The number of thiophene rings is 1. The van der Waals surface area contributed by atoms with Crippen LogP contribution in [0.3, 0.4) is 0 Å². The van der Waals surface area contributed by atoms with Gasteiger partial charge in [0.1, 0.15) is 8.07 Å². The van der Waals surface area contributed by atoms with Crippen molar-refractivity contribution in [2.45, 2.75) is 13.1 Å². The van der Waals surface area contributed by atoms with E-state index in [-0.39, 0.29) is 0 Å². The Morgan fingerprint density at radius 1 is 0.611 bits per heavy atom. The van der Waals surface area contributed by atoms with Gasteiger partial charge >= 0.3 is 0 Å². The molecule has 0 N–H and O–H groups in total. The molecule has 1 aromatic heterocycles. The number of hydrogen-bond acceptors (Lipinski definition) is 2. The van der Waals surface area contributed by atoms with E-state index in [2.05, 4.69) is 121 Å². The molecule has 7 rings (SSSR count). The molecule has 6 aromatic rings. The molecule has 174 valence electrons. The molecule has 2 heterocycles.